The first-order valence-corrected chi connectivity index (χ1v) is 5.96. The summed E-state index contributed by atoms with van der Waals surface area (Å²) in [5.74, 6) is 0.786. The summed E-state index contributed by atoms with van der Waals surface area (Å²) in [6.07, 6.45) is 0. The molecule has 2 N–H and O–H groups in total. The van der Waals surface area contributed by atoms with Crippen LogP contribution in [0.15, 0.2) is 18.2 Å². The lowest BCUT2D eigenvalue weighted by molar-refractivity contribution is 0.416. The first kappa shape index (κ1) is 13.8. The van der Waals surface area contributed by atoms with Crippen molar-refractivity contribution in [3.63, 3.8) is 0 Å². The summed E-state index contributed by atoms with van der Waals surface area (Å²) in [6.45, 7) is 8.22. The van der Waals surface area contributed by atoms with Gasteiger partial charge in [0.15, 0.2) is 5.11 Å². The molecular weight excluding hydrogens is 232 g/mol. The predicted octanol–water partition coefficient (Wildman–Crippen LogP) is 3.09. The molecule has 0 spiro atoms. The van der Waals surface area contributed by atoms with Crippen molar-refractivity contribution in [1.82, 2.24) is 5.32 Å². The Morgan fingerprint density at radius 2 is 1.94 bits per heavy atom. The summed E-state index contributed by atoms with van der Waals surface area (Å²) < 4.78 is 5.28. The highest BCUT2D eigenvalue weighted by Gasteiger charge is 2.12. The Hall–Kier alpha value is -1.29. The fourth-order valence-corrected chi connectivity index (χ4v) is 1.83. The van der Waals surface area contributed by atoms with Crippen molar-refractivity contribution in [2.75, 3.05) is 12.4 Å². The smallest absolute Gasteiger partial charge is 0.171 e. The van der Waals surface area contributed by atoms with Gasteiger partial charge in [-0.1, -0.05) is 6.07 Å². The van der Waals surface area contributed by atoms with Crippen LogP contribution in [0.5, 0.6) is 5.75 Å². The van der Waals surface area contributed by atoms with Gasteiger partial charge >= 0.3 is 0 Å². The van der Waals surface area contributed by atoms with Crippen molar-refractivity contribution in [3.05, 3.63) is 23.8 Å². The highest BCUT2D eigenvalue weighted by molar-refractivity contribution is 7.80. The lowest BCUT2D eigenvalue weighted by atomic mass is 10.1. The van der Waals surface area contributed by atoms with Gasteiger partial charge in [0.25, 0.3) is 0 Å². The summed E-state index contributed by atoms with van der Waals surface area (Å²) in [5, 5.41) is 6.96. The van der Waals surface area contributed by atoms with Crippen molar-refractivity contribution in [1.29, 1.82) is 0 Å². The van der Waals surface area contributed by atoms with Crippen LogP contribution in [-0.4, -0.2) is 17.8 Å². The first-order valence-electron chi connectivity index (χ1n) is 5.55. The normalized spacial score (nSPS) is 10.9. The van der Waals surface area contributed by atoms with E-state index in [1.54, 1.807) is 7.11 Å². The number of benzene rings is 1. The van der Waals surface area contributed by atoms with E-state index in [2.05, 4.69) is 31.4 Å². The van der Waals surface area contributed by atoms with Gasteiger partial charge in [0.2, 0.25) is 0 Å². The van der Waals surface area contributed by atoms with Crippen molar-refractivity contribution < 1.29 is 4.74 Å². The lowest BCUT2D eigenvalue weighted by Gasteiger charge is -2.23. The number of rotatable bonds is 2. The Bertz CT molecular complexity index is 410. The zero-order valence-corrected chi connectivity index (χ0v) is 11.9. The largest absolute Gasteiger partial charge is 0.495 e. The molecule has 94 valence electrons. The fourth-order valence-electron chi connectivity index (χ4n) is 1.41. The van der Waals surface area contributed by atoms with E-state index in [0.717, 1.165) is 17.0 Å². The van der Waals surface area contributed by atoms with Crippen LogP contribution in [0.3, 0.4) is 0 Å². The highest BCUT2D eigenvalue weighted by Crippen LogP contribution is 2.25. The van der Waals surface area contributed by atoms with Crippen LogP contribution >= 0.6 is 12.2 Å². The van der Waals surface area contributed by atoms with E-state index in [1.165, 1.54) is 0 Å². The van der Waals surface area contributed by atoms with Crippen molar-refractivity contribution in [3.8, 4) is 5.75 Å². The van der Waals surface area contributed by atoms with Crippen molar-refractivity contribution >= 4 is 23.0 Å². The lowest BCUT2D eigenvalue weighted by Crippen LogP contribution is -2.42. The molecule has 0 fully saturated rings. The summed E-state index contributed by atoms with van der Waals surface area (Å²) in [5.41, 5.74) is 1.99. The zero-order valence-electron chi connectivity index (χ0n) is 11.0. The van der Waals surface area contributed by atoms with E-state index in [9.17, 15) is 0 Å². The summed E-state index contributed by atoms with van der Waals surface area (Å²) in [4.78, 5) is 0. The maximum atomic E-state index is 5.28. The number of hydrogen-bond acceptors (Lipinski definition) is 2. The molecule has 17 heavy (non-hydrogen) atoms. The van der Waals surface area contributed by atoms with Gasteiger partial charge in [-0.25, -0.2) is 0 Å². The predicted molar refractivity (Wildman–Crippen MR) is 76.8 cm³/mol. The molecule has 0 aromatic heterocycles. The molecule has 0 aliphatic heterocycles. The molecule has 0 radical (unpaired) electrons. The minimum Gasteiger partial charge on any atom is -0.495 e. The number of ether oxygens (including phenoxy) is 1. The molecule has 0 atom stereocenters. The second-order valence-electron chi connectivity index (χ2n) is 5.03. The summed E-state index contributed by atoms with van der Waals surface area (Å²) >= 11 is 5.26. The topological polar surface area (TPSA) is 33.3 Å². The molecule has 1 rings (SSSR count). The number of methoxy groups -OCH3 is 1. The maximum absolute atomic E-state index is 5.28. The third-order valence-electron chi connectivity index (χ3n) is 2.09. The van der Waals surface area contributed by atoms with E-state index in [1.807, 2.05) is 25.1 Å². The Balaban J connectivity index is 2.80. The molecule has 4 heteroatoms. The van der Waals surface area contributed by atoms with Crippen LogP contribution in [0, 0.1) is 6.92 Å². The Kier molecular flexibility index (Phi) is 4.34. The van der Waals surface area contributed by atoms with E-state index in [4.69, 9.17) is 17.0 Å². The van der Waals surface area contributed by atoms with Gasteiger partial charge in [0, 0.05) is 5.54 Å². The minimum absolute atomic E-state index is 0.0544. The van der Waals surface area contributed by atoms with Crippen LogP contribution in [0.1, 0.15) is 26.3 Å². The van der Waals surface area contributed by atoms with Gasteiger partial charge in [0.1, 0.15) is 5.75 Å². The molecule has 0 aliphatic carbocycles. The van der Waals surface area contributed by atoms with Crippen LogP contribution in [-0.2, 0) is 0 Å². The van der Waals surface area contributed by atoms with Gasteiger partial charge < -0.3 is 15.4 Å². The standard InChI is InChI=1S/C13H20N2OS/c1-9-6-7-11(16-5)10(8-9)14-12(17)15-13(2,3)4/h6-8H,1-5H3,(H2,14,15,17). The summed E-state index contributed by atoms with van der Waals surface area (Å²) in [7, 11) is 1.65. The van der Waals surface area contributed by atoms with Crippen molar-refractivity contribution in [2.24, 2.45) is 0 Å². The maximum Gasteiger partial charge on any atom is 0.171 e. The summed E-state index contributed by atoms with van der Waals surface area (Å²) in [6, 6.07) is 5.94. The molecule has 0 heterocycles. The van der Waals surface area contributed by atoms with Crippen LogP contribution in [0.25, 0.3) is 0 Å². The molecule has 1 aromatic rings. The molecule has 0 saturated heterocycles. The van der Waals surface area contributed by atoms with Gasteiger partial charge in [-0.05, 0) is 57.6 Å². The van der Waals surface area contributed by atoms with Gasteiger partial charge in [-0.15, -0.1) is 0 Å². The first-order chi connectivity index (χ1) is 7.81. The Morgan fingerprint density at radius 3 is 2.47 bits per heavy atom. The number of nitrogens with one attached hydrogen (secondary N) is 2. The zero-order chi connectivity index (χ0) is 13.1. The minimum atomic E-state index is -0.0544. The van der Waals surface area contributed by atoms with Crippen LogP contribution < -0.4 is 15.4 Å². The number of aryl methyl sites for hydroxylation is 1. The highest BCUT2D eigenvalue weighted by atomic mass is 32.1. The van der Waals surface area contributed by atoms with Crippen LogP contribution in [0.2, 0.25) is 0 Å². The molecule has 1 aromatic carbocycles. The monoisotopic (exact) mass is 252 g/mol. The molecular formula is C13H20N2OS. The quantitative estimate of drug-likeness (QED) is 0.793. The third kappa shape index (κ3) is 4.61. The van der Waals surface area contributed by atoms with E-state index in [0.29, 0.717) is 5.11 Å². The molecule has 0 unspecified atom stereocenters. The van der Waals surface area contributed by atoms with Crippen LogP contribution in [0.4, 0.5) is 5.69 Å². The third-order valence-corrected chi connectivity index (χ3v) is 2.30. The molecule has 0 bridgehead atoms. The molecule has 0 amide bonds. The fraction of sp³-hybridized carbons (Fsp3) is 0.462. The van der Waals surface area contributed by atoms with Gasteiger partial charge in [-0.3, -0.25) is 0 Å². The Morgan fingerprint density at radius 1 is 1.29 bits per heavy atom. The molecule has 0 saturated carbocycles. The number of thiocarbonyl (C=S) groups is 1. The van der Waals surface area contributed by atoms with Gasteiger partial charge in [-0.2, -0.15) is 0 Å². The van der Waals surface area contributed by atoms with E-state index in [-0.39, 0.29) is 5.54 Å². The SMILES string of the molecule is COc1ccc(C)cc1NC(=S)NC(C)(C)C. The van der Waals surface area contributed by atoms with E-state index < -0.39 is 0 Å². The van der Waals surface area contributed by atoms with Gasteiger partial charge in [0.05, 0.1) is 12.8 Å². The van der Waals surface area contributed by atoms with Crippen molar-refractivity contribution in [2.45, 2.75) is 33.2 Å². The molecule has 3 nitrogen and oxygen atoms in total. The number of hydrogen-bond donors (Lipinski definition) is 2. The second kappa shape index (κ2) is 5.36. The second-order valence-corrected chi connectivity index (χ2v) is 5.44. The Labute approximate surface area is 109 Å². The average molecular weight is 252 g/mol. The average Bonchev–Trinajstić information content (AvgIpc) is 2.14. The number of anilines is 1. The van der Waals surface area contributed by atoms with E-state index >= 15 is 0 Å². The molecule has 0 aliphatic rings.